The summed E-state index contributed by atoms with van der Waals surface area (Å²) >= 11 is 1.26. The zero-order valence-corrected chi connectivity index (χ0v) is 21.0. The summed E-state index contributed by atoms with van der Waals surface area (Å²) in [6, 6.07) is 12.1. The van der Waals surface area contributed by atoms with E-state index in [2.05, 4.69) is 4.99 Å². The van der Waals surface area contributed by atoms with Gasteiger partial charge in [0.05, 0.1) is 49.8 Å². The largest absolute Gasteiger partial charge is 0.497 e. The molecule has 0 bridgehead atoms. The lowest BCUT2D eigenvalue weighted by Crippen LogP contribution is -2.39. The topological polar surface area (TPSA) is 88.4 Å². The maximum absolute atomic E-state index is 13.6. The molecule has 0 radical (unpaired) electrons. The summed E-state index contributed by atoms with van der Waals surface area (Å²) in [5.74, 6) is 1.35. The maximum Gasteiger partial charge on any atom is 0.338 e. The fraction of sp³-hybridized carbons (Fsp3) is 0.269. The van der Waals surface area contributed by atoms with Crippen molar-refractivity contribution in [2.75, 3.05) is 27.9 Å². The molecular weight excluding hydrogens is 468 g/mol. The second-order valence-electron chi connectivity index (χ2n) is 7.69. The Bertz CT molecular complexity index is 1470. The van der Waals surface area contributed by atoms with Gasteiger partial charge in [0, 0.05) is 0 Å². The van der Waals surface area contributed by atoms with Gasteiger partial charge >= 0.3 is 5.97 Å². The Morgan fingerprint density at radius 2 is 1.83 bits per heavy atom. The molecule has 35 heavy (non-hydrogen) atoms. The van der Waals surface area contributed by atoms with Gasteiger partial charge in [0.15, 0.2) is 16.3 Å². The van der Waals surface area contributed by atoms with Gasteiger partial charge in [-0.2, -0.15) is 0 Å². The minimum atomic E-state index is -0.679. The number of allylic oxidation sites excluding steroid dienone is 1. The van der Waals surface area contributed by atoms with Gasteiger partial charge < -0.3 is 18.9 Å². The number of fused-ring (bicyclic) bond motifs is 1. The van der Waals surface area contributed by atoms with E-state index in [1.807, 2.05) is 31.2 Å². The number of aromatic nitrogens is 1. The first-order valence-corrected chi connectivity index (χ1v) is 11.8. The zero-order chi connectivity index (χ0) is 25.1. The maximum atomic E-state index is 13.6. The minimum absolute atomic E-state index is 0.253. The van der Waals surface area contributed by atoms with Gasteiger partial charge in [0.1, 0.15) is 5.75 Å². The summed E-state index contributed by atoms with van der Waals surface area (Å²) in [7, 11) is 4.48. The Balaban J connectivity index is 1.91. The van der Waals surface area contributed by atoms with Gasteiger partial charge in [-0.3, -0.25) is 9.36 Å². The molecule has 2 aromatic carbocycles. The van der Waals surface area contributed by atoms with E-state index < -0.39 is 12.0 Å². The monoisotopic (exact) mass is 494 g/mol. The average Bonchev–Trinajstić information content (AvgIpc) is 3.17. The van der Waals surface area contributed by atoms with Gasteiger partial charge in [0.25, 0.3) is 5.56 Å². The average molecular weight is 495 g/mol. The third-order valence-corrected chi connectivity index (χ3v) is 6.63. The number of esters is 1. The Labute approximate surface area is 206 Å². The Morgan fingerprint density at radius 1 is 1.09 bits per heavy atom. The van der Waals surface area contributed by atoms with Crippen LogP contribution in [0.25, 0.3) is 6.08 Å². The summed E-state index contributed by atoms with van der Waals surface area (Å²) in [6.45, 7) is 4.13. The van der Waals surface area contributed by atoms with Crippen molar-refractivity contribution in [3.05, 3.63) is 84.5 Å². The van der Waals surface area contributed by atoms with Crippen molar-refractivity contribution in [1.82, 2.24) is 4.57 Å². The molecule has 1 aliphatic rings. The van der Waals surface area contributed by atoms with E-state index in [0.717, 1.165) is 11.1 Å². The Morgan fingerprint density at radius 3 is 2.46 bits per heavy atom. The summed E-state index contributed by atoms with van der Waals surface area (Å²) in [5.41, 5.74) is 2.10. The molecule has 0 N–H and O–H groups in total. The van der Waals surface area contributed by atoms with Gasteiger partial charge in [-0.25, -0.2) is 9.79 Å². The first-order chi connectivity index (χ1) is 16.9. The van der Waals surface area contributed by atoms with Crippen molar-refractivity contribution in [2.24, 2.45) is 4.99 Å². The quantitative estimate of drug-likeness (QED) is 0.470. The lowest BCUT2D eigenvalue weighted by molar-refractivity contribution is -0.136. The molecule has 0 saturated carbocycles. The molecule has 1 aromatic heterocycles. The number of hydrogen-bond acceptors (Lipinski definition) is 8. The number of carbonyl (C=O) groups excluding carboxylic acids is 1. The van der Waals surface area contributed by atoms with Crippen LogP contribution in [0.5, 0.6) is 17.2 Å². The Kier molecular flexibility index (Phi) is 7.07. The van der Waals surface area contributed by atoms with E-state index >= 15 is 0 Å². The van der Waals surface area contributed by atoms with Crippen LogP contribution in [0, 0.1) is 0 Å². The van der Waals surface area contributed by atoms with Crippen LogP contribution in [0.1, 0.15) is 31.0 Å². The molecule has 0 spiro atoms. The number of nitrogens with zero attached hydrogens (tertiary/aromatic N) is 2. The van der Waals surface area contributed by atoms with Crippen LogP contribution in [-0.2, 0) is 9.53 Å². The van der Waals surface area contributed by atoms with Crippen LogP contribution in [0.2, 0.25) is 0 Å². The second-order valence-corrected chi connectivity index (χ2v) is 8.70. The third-order valence-electron chi connectivity index (χ3n) is 5.64. The second kappa shape index (κ2) is 10.2. The predicted octanol–water partition coefficient (Wildman–Crippen LogP) is 2.82. The number of ether oxygens (including phenoxy) is 4. The molecule has 0 aliphatic carbocycles. The lowest BCUT2D eigenvalue weighted by atomic mass is 9.96. The molecule has 4 rings (SSSR count). The van der Waals surface area contributed by atoms with Gasteiger partial charge in [-0.15, -0.1) is 0 Å². The van der Waals surface area contributed by atoms with Crippen LogP contribution in [0.3, 0.4) is 0 Å². The van der Waals surface area contributed by atoms with E-state index in [0.29, 0.717) is 44.5 Å². The number of benzene rings is 2. The molecule has 1 atom stereocenters. The normalized spacial score (nSPS) is 15.3. The molecule has 8 nitrogen and oxygen atoms in total. The summed E-state index contributed by atoms with van der Waals surface area (Å²) in [5, 5.41) is 0. The molecular formula is C26H26N2O6S. The first-order valence-electron chi connectivity index (χ1n) is 11.0. The smallest absolute Gasteiger partial charge is 0.338 e. The van der Waals surface area contributed by atoms with Gasteiger partial charge in [-0.1, -0.05) is 29.5 Å². The van der Waals surface area contributed by atoms with Gasteiger partial charge in [0.2, 0.25) is 0 Å². The summed E-state index contributed by atoms with van der Waals surface area (Å²) in [6.07, 6.45) is 1.79. The van der Waals surface area contributed by atoms with Crippen LogP contribution >= 0.6 is 11.3 Å². The number of rotatable bonds is 7. The molecule has 1 aliphatic heterocycles. The number of hydrogen-bond donors (Lipinski definition) is 0. The van der Waals surface area contributed by atoms with Crippen molar-refractivity contribution < 1.29 is 23.7 Å². The highest BCUT2D eigenvalue weighted by Crippen LogP contribution is 2.32. The summed E-state index contributed by atoms with van der Waals surface area (Å²) < 4.78 is 23.4. The van der Waals surface area contributed by atoms with E-state index in [-0.39, 0.29) is 5.56 Å². The number of methoxy groups -OCH3 is 3. The SMILES string of the molecule is CCOc1cc(/C=c2\sc3n(c2=O)C(c2ccc(OC)cc2)C(C(=O)OC)=C(C)N=3)ccc1OC. The van der Waals surface area contributed by atoms with E-state index in [1.54, 1.807) is 50.0 Å². The predicted molar refractivity (Wildman–Crippen MR) is 133 cm³/mol. The third kappa shape index (κ3) is 4.59. The molecule has 182 valence electrons. The van der Waals surface area contributed by atoms with Crippen LogP contribution in [0.4, 0.5) is 0 Å². The molecule has 0 fully saturated rings. The molecule has 1 unspecified atom stereocenters. The molecule has 9 heteroatoms. The number of carbonyl (C=O) groups is 1. The molecule has 0 saturated heterocycles. The van der Waals surface area contributed by atoms with Crippen molar-refractivity contribution in [1.29, 1.82) is 0 Å². The fourth-order valence-electron chi connectivity index (χ4n) is 4.00. The molecule has 0 amide bonds. The standard InChI is InChI=1S/C26H26N2O6S/c1-6-34-20-13-16(7-12-19(20)32-4)14-21-24(29)28-23(17-8-10-18(31-3)11-9-17)22(25(30)33-5)15(2)27-26(28)35-21/h7-14,23H,6H2,1-5H3/b21-14-. The minimum Gasteiger partial charge on any atom is -0.497 e. The molecule has 2 heterocycles. The van der Waals surface area contributed by atoms with Crippen molar-refractivity contribution >= 4 is 23.4 Å². The fourth-order valence-corrected chi connectivity index (χ4v) is 5.04. The van der Waals surface area contributed by atoms with Crippen LogP contribution in [0.15, 0.2) is 63.5 Å². The van der Waals surface area contributed by atoms with E-state index in [4.69, 9.17) is 18.9 Å². The van der Waals surface area contributed by atoms with Crippen LogP contribution < -0.4 is 29.1 Å². The van der Waals surface area contributed by atoms with Gasteiger partial charge in [-0.05, 0) is 55.3 Å². The zero-order valence-electron chi connectivity index (χ0n) is 20.2. The van der Waals surface area contributed by atoms with E-state index in [1.165, 1.54) is 18.4 Å². The van der Waals surface area contributed by atoms with Crippen molar-refractivity contribution in [2.45, 2.75) is 19.9 Å². The van der Waals surface area contributed by atoms with Crippen molar-refractivity contribution in [3.63, 3.8) is 0 Å². The Hall–Kier alpha value is -3.85. The number of thiazole rings is 1. The van der Waals surface area contributed by atoms with E-state index in [9.17, 15) is 9.59 Å². The highest BCUT2D eigenvalue weighted by atomic mass is 32.1. The highest BCUT2D eigenvalue weighted by molar-refractivity contribution is 7.07. The van der Waals surface area contributed by atoms with Crippen molar-refractivity contribution in [3.8, 4) is 17.2 Å². The summed E-state index contributed by atoms with van der Waals surface area (Å²) in [4.78, 5) is 31.5. The molecule has 3 aromatic rings. The van der Waals surface area contributed by atoms with Crippen LogP contribution in [-0.4, -0.2) is 38.5 Å². The highest BCUT2D eigenvalue weighted by Gasteiger charge is 2.33. The first kappa shape index (κ1) is 24.3. The lowest BCUT2D eigenvalue weighted by Gasteiger charge is -2.24.